The minimum absolute atomic E-state index is 0.0286. The van der Waals surface area contributed by atoms with Crippen molar-refractivity contribution in [2.45, 2.75) is 31.7 Å². The topological polar surface area (TPSA) is 114 Å². The van der Waals surface area contributed by atoms with Crippen LogP contribution in [0.5, 0.6) is 0 Å². The summed E-state index contributed by atoms with van der Waals surface area (Å²) in [5.41, 5.74) is 1.49. The van der Waals surface area contributed by atoms with E-state index in [0.29, 0.717) is 15.6 Å². The van der Waals surface area contributed by atoms with Crippen LogP contribution in [0.15, 0.2) is 42.5 Å². The zero-order valence-corrected chi connectivity index (χ0v) is 22.6. The van der Waals surface area contributed by atoms with Crippen LogP contribution in [0.25, 0.3) is 0 Å². The Balaban J connectivity index is 1.62. The lowest BCUT2D eigenvalue weighted by molar-refractivity contribution is -0.189. The SMILES string of the molecule is CN1CC(=O)N2C(CC(=O)O)C(=O)N(Cc3ccc(Cl)cc3Cl)C[C@@H]2N1C(=O)NCc1ccc(P)cc1. The van der Waals surface area contributed by atoms with Crippen molar-refractivity contribution in [3.05, 3.63) is 63.6 Å². The van der Waals surface area contributed by atoms with Crippen molar-refractivity contribution in [2.75, 3.05) is 20.1 Å². The standard InChI is InChI=1S/C24H26Cl2N5O5P/c1-28-13-21(32)30-19(9-22(33)34)23(35)29(11-15-4-5-16(25)8-18(15)26)12-20(30)31(28)24(36)27-10-14-2-6-17(37)7-3-14/h2-8,19-20H,9-13,37H2,1H3,(H,27,36)(H,33,34)/t19?,20-/m0/s1. The van der Waals surface area contributed by atoms with E-state index in [1.165, 1.54) is 19.8 Å². The fourth-order valence-electron chi connectivity index (χ4n) is 4.56. The molecule has 10 nitrogen and oxygen atoms in total. The number of urea groups is 1. The lowest BCUT2D eigenvalue weighted by Crippen LogP contribution is -2.76. The highest BCUT2D eigenvalue weighted by molar-refractivity contribution is 7.27. The number of halogens is 2. The normalized spacial score (nSPS) is 20.2. The number of hydrogen-bond donors (Lipinski definition) is 2. The van der Waals surface area contributed by atoms with Gasteiger partial charge >= 0.3 is 12.0 Å². The highest BCUT2D eigenvalue weighted by Crippen LogP contribution is 2.30. The molecule has 2 aliphatic rings. The van der Waals surface area contributed by atoms with Crippen LogP contribution in [0, 0.1) is 0 Å². The summed E-state index contributed by atoms with van der Waals surface area (Å²) in [4.78, 5) is 54.1. The second-order valence-electron chi connectivity index (χ2n) is 8.91. The monoisotopic (exact) mass is 565 g/mol. The van der Waals surface area contributed by atoms with E-state index in [1.54, 1.807) is 25.2 Å². The number of nitrogens with one attached hydrogen (secondary N) is 1. The maximum absolute atomic E-state index is 13.4. The average Bonchev–Trinajstić information content (AvgIpc) is 2.82. The number of nitrogens with zero attached hydrogens (tertiary/aromatic N) is 4. The van der Waals surface area contributed by atoms with E-state index in [2.05, 4.69) is 14.6 Å². The fourth-order valence-corrected chi connectivity index (χ4v) is 5.22. The van der Waals surface area contributed by atoms with Crippen LogP contribution >= 0.6 is 32.4 Å². The summed E-state index contributed by atoms with van der Waals surface area (Å²) in [6.07, 6.45) is -1.50. The molecule has 2 aromatic rings. The minimum Gasteiger partial charge on any atom is -0.481 e. The number of carbonyl (C=O) groups is 4. The number of carboxylic acids is 1. The van der Waals surface area contributed by atoms with E-state index >= 15 is 0 Å². The van der Waals surface area contributed by atoms with Crippen LogP contribution in [0.2, 0.25) is 10.0 Å². The average molecular weight is 566 g/mol. The predicted molar refractivity (Wildman–Crippen MR) is 141 cm³/mol. The van der Waals surface area contributed by atoms with Gasteiger partial charge in [0, 0.05) is 30.2 Å². The first kappa shape index (κ1) is 27.1. The Morgan fingerprint density at radius 1 is 1.14 bits per heavy atom. The molecule has 0 aromatic heterocycles. The van der Waals surface area contributed by atoms with E-state index in [4.69, 9.17) is 23.2 Å². The van der Waals surface area contributed by atoms with Gasteiger partial charge in [-0.25, -0.2) is 14.8 Å². The molecule has 4 rings (SSSR count). The Labute approximate surface area is 226 Å². The van der Waals surface area contributed by atoms with Crippen LogP contribution < -0.4 is 10.6 Å². The first-order valence-electron chi connectivity index (χ1n) is 11.4. The van der Waals surface area contributed by atoms with Gasteiger partial charge in [0.2, 0.25) is 11.8 Å². The van der Waals surface area contributed by atoms with Crippen molar-refractivity contribution in [1.82, 2.24) is 25.1 Å². The molecule has 0 saturated carbocycles. The predicted octanol–water partition coefficient (Wildman–Crippen LogP) is 1.91. The molecule has 4 amide bonds. The van der Waals surface area contributed by atoms with Gasteiger partial charge in [0.15, 0.2) is 0 Å². The van der Waals surface area contributed by atoms with Crippen LogP contribution in [0.4, 0.5) is 4.79 Å². The van der Waals surface area contributed by atoms with Crippen molar-refractivity contribution in [1.29, 1.82) is 0 Å². The van der Waals surface area contributed by atoms with Crippen molar-refractivity contribution in [2.24, 2.45) is 0 Å². The van der Waals surface area contributed by atoms with E-state index in [1.807, 2.05) is 24.3 Å². The molecule has 0 spiro atoms. The van der Waals surface area contributed by atoms with Crippen molar-refractivity contribution < 1.29 is 24.3 Å². The van der Waals surface area contributed by atoms with Crippen molar-refractivity contribution in [3.8, 4) is 0 Å². The number of fused-ring (bicyclic) bond motifs is 1. The first-order valence-corrected chi connectivity index (χ1v) is 12.8. The molecule has 2 heterocycles. The van der Waals surface area contributed by atoms with E-state index < -0.39 is 42.4 Å². The van der Waals surface area contributed by atoms with Gasteiger partial charge in [-0.05, 0) is 28.6 Å². The second-order valence-corrected chi connectivity index (χ2v) is 10.4. The number of amides is 4. The van der Waals surface area contributed by atoms with Gasteiger partial charge < -0.3 is 20.2 Å². The lowest BCUT2D eigenvalue weighted by atomic mass is 10.0. The first-order chi connectivity index (χ1) is 17.5. The van der Waals surface area contributed by atoms with Gasteiger partial charge in [-0.3, -0.25) is 14.4 Å². The minimum atomic E-state index is -1.27. The number of benzene rings is 2. The molecule has 2 saturated heterocycles. The Morgan fingerprint density at radius 2 is 1.84 bits per heavy atom. The number of hydrogen-bond acceptors (Lipinski definition) is 5. The number of carboxylic acid groups (broad SMARTS) is 1. The summed E-state index contributed by atoms with van der Waals surface area (Å²) in [6.45, 7) is 0.0949. The molecule has 3 atom stereocenters. The zero-order valence-electron chi connectivity index (χ0n) is 19.9. The molecule has 2 N–H and O–H groups in total. The quantitative estimate of drug-likeness (QED) is 0.517. The highest BCUT2D eigenvalue weighted by Gasteiger charge is 2.51. The summed E-state index contributed by atoms with van der Waals surface area (Å²) in [7, 11) is 4.19. The highest BCUT2D eigenvalue weighted by atomic mass is 35.5. The third-order valence-electron chi connectivity index (χ3n) is 6.32. The summed E-state index contributed by atoms with van der Waals surface area (Å²) in [5.74, 6) is -2.19. The summed E-state index contributed by atoms with van der Waals surface area (Å²) < 4.78 is 0. The molecule has 13 heteroatoms. The van der Waals surface area contributed by atoms with Gasteiger partial charge in [-0.1, -0.05) is 53.5 Å². The molecule has 0 aliphatic carbocycles. The maximum Gasteiger partial charge on any atom is 0.334 e. The largest absolute Gasteiger partial charge is 0.481 e. The van der Waals surface area contributed by atoms with Crippen LogP contribution in [-0.2, 0) is 27.5 Å². The zero-order chi connectivity index (χ0) is 26.9. The Morgan fingerprint density at radius 3 is 2.49 bits per heavy atom. The third-order valence-corrected chi connectivity index (χ3v) is 7.29. The molecule has 2 unspecified atom stereocenters. The van der Waals surface area contributed by atoms with Gasteiger partial charge in [0.05, 0.1) is 19.5 Å². The number of aliphatic carboxylic acids is 1. The van der Waals surface area contributed by atoms with Crippen molar-refractivity contribution >= 4 is 61.6 Å². The summed E-state index contributed by atoms with van der Waals surface area (Å²) in [6, 6.07) is 10.7. The summed E-state index contributed by atoms with van der Waals surface area (Å²) in [5, 5.41) is 17.0. The second kappa shape index (κ2) is 11.2. The summed E-state index contributed by atoms with van der Waals surface area (Å²) >= 11 is 12.3. The smallest absolute Gasteiger partial charge is 0.334 e. The molecular weight excluding hydrogens is 540 g/mol. The Bertz CT molecular complexity index is 1230. The van der Waals surface area contributed by atoms with Crippen LogP contribution in [-0.4, -0.2) is 81.1 Å². The van der Waals surface area contributed by atoms with Crippen molar-refractivity contribution in [3.63, 3.8) is 0 Å². The van der Waals surface area contributed by atoms with Crippen LogP contribution in [0.1, 0.15) is 17.5 Å². The number of hydrazine groups is 1. The molecule has 2 aromatic carbocycles. The Hall–Kier alpha value is -2.91. The van der Waals surface area contributed by atoms with Gasteiger partial charge in [-0.2, -0.15) is 0 Å². The van der Waals surface area contributed by atoms with E-state index in [0.717, 1.165) is 10.9 Å². The number of rotatable bonds is 6. The molecule has 37 heavy (non-hydrogen) atoms. The molecule has 2 aliphatic heterocycles. The molecular formula is C24H26Cl2N5O5P. The fraction of sp³-hybridized carbons (Fsp3) is 0.333. The van der Waals surface area contributed by atoms with E-state index in [9.17, 15) is 24.3 Å². The van der Waals surface area contributed by atoms with Crippen LogP contribution in [0.3, 0.4) is 0 Å². The third kappa shape index (κ3) is 5.99. The molecule has 196 valence electrons. The van der Waals surface area contributed by atoms with Gasteiger partial charge in [0.25, 0.3) is 0 Å². The molecule has 0 bridgehead atoms. The maximum atomic E-state index is 13.4. The number of likely N-dealkylation sites (N-methyl/N-ethyl adjacent to an activating group) is 1. The number of piperazine rings is 1. The lowest BCUT2D eigenvalue weighted by Gasteiger charge is -2.54. The molecule has 2 fully saturated rings. The van der Waals surface area contributed by atoms with Gasteiger partial charge in [-0.15, -0.1) is 9.24 Å². The number of carbonyl (C=O) groups excluding carboxylic acids is 3. The van der Waals surface area contributed by atoms with Gasteiger partial charge in [0.1, 0.15) is 12.2 Å². The Kier molecular flexibility index (Phi) is 8.23. The van der Waals surface area contributed by atoms with E-state index in [-0.39, 0.29) is 26.2 Å². The molecule has 0 radical (unpaired) electrons.